The molecule has 10 rings (SSSR count). The van der Waals surface area contributed by atoms with Gasteiger partial charge >= 0.3 is 0 Å². The van der Waals surface area contributed by atoms with E-state index in [0.29, 0.717) is 0 Å². The number of nitrogens with zero attached hydrogens (tertiary/aromatic N) is 1. The minimum Gasteiger partial charge on any atom is -0.310 e. The molecule has 0 atom stereocenters. The van der Waals surface area contributed by atoms with Crippen molar-refractivity contribution in [1.29, 1.82) is 0 Å². The molecule has 0 saturated carbocycles. The molecule has 0 aromatic heterocycles. The highest BCUT2D eigenvalue weighted by Gasteiger charge is 2.50. The molecule has 0 unspecified atom stereocenters. The molecule has 49 heavy (non-hydrogen) atoms. The van der Waals surface area contributed by atoms with Gasteiger partial charge in [-0.15, -0.1) is 0 Å². The highest BCUT2D eigenvalue weighted by molar-refractivity contribution is 8.01. The number of rotatable bonds is 3. The van der Waals surface area contributed by atoms with Crippen molar-refractivity contribution in [3.8, 4) is 0 Å². The Labute approximate surface area is 293 Å². The first-order valence-electron chi connectivity index (χ1n) is 16.3. The SMILES string of the molecule is Fc1ccc2c(c1)[Si](c1ccccc1)(c1ccccc1)c1cc(F)ccc1N2c1ccc2c3c1Sc1ccccc1B3c1ccccc1S2. The van der Waals surface area contributed by atoms with Gasteiger partial charge in [-0.25, -0.2) is 8.78 Å². The van der Waals surface area contributed by atoms with E-state index in [1.165, 1.54) is 36.0 Å². The van der Waals surface area contributed by atoms with Crippen LogP contribution >= 0.6 is 23.5 Å². The lowest BCUT2D eigenvalue weighted by Crippen LogP contribution is -2.77. The van der Waals surface area contributed by atoms with Gasteiger partial charge in [0.1, 0.15) is 11.6 Å². The Kier molecular flexibility index (Phi) is 6.60. The van der Waals surface area contributed by atoms with E-state index in [1.54, 1.807) is 36.0 Å². The molecule has 3 heterocycles. The Bertz CT molecular complexity index is 2350. The van der Waals surface area contributed by atoms with Crippen LogP contribution in [-0.2, 0) is 0 Å². The predicted molar refractivity (Wildman–Crippen MR) is 204 cm³/mol. The second-order valence-corrected chi connectivity index (χ2v) is 18.5. The molecule has 7 aromatic carbocycles. The molecule has 0 saturated heterocycles. The minimum atomic E-state index is -3.21. The Balaban J connectivity index is 1.30. The van der Waals surface area contributed by atoms with Crippen LogP contribution in [0.5, 0.6) is 0 Å². The van der Waals surface area contributed by atoms with E-state index in [1.807, 2.05) is 60.3 Å². The summed E-state index contributed by atoms with van der Waals surface area (Å²) in [5.74, 6) is -0.601. The molecule has 0 radical (unpaired) electrons. The van der Waals surface area contributed by atoms with Gasteiger partial charge in [-0.1, -0.05) is 132 Å². The average Bonchev–Trinajstić information content (AvgIpc) is 3.15. The Morgan fingerprint density at radius 3 is 1.53 bits per heavy atom. The molecule has 0 amide bonds. The van der Waals surface area contributed by atoms with E-state index >= 15 is 8.78 Å². The molecular formula is C42H26BF2NS2Si. The summed E-state index contributed by atoms with van der Waals surface area (Å²) in [6.45, 7) is 0.0899. The molecule has 3 aliphatic rings. The van der Waals surface area contributed by atoms with Gasteiger partial charge in [-0.2, -0.15) is 0 Å². The summed E-state index contributed by atoms with van der Waals surface area (Å²) < 4.78 is 31.4. The van der Waals surface area contributed by atoms with E-state index in [0.717, 1.165) is 37.8 Å². The molecule has 1 nitrogen and oxygen atoms in total. The lowest BCUT2D eigenvalue weighted by molar-refractivity contribution is 0.628. The zero-order valence-electron chi connectivity index (χ0n) is 26.1. The van der Waals surface area contributed by atoms with Gasteiger partial charge in [0.25, 0.3) is 0 Å². The van der Waals surface area contributed by atoms with Gasteiger partial charge in [0.15, 0.2) is 8.07 Å². The second kappa shape index (κ2) is 11.1. The van der Waals surface area contributed by atoms with Crippen molar-refractivity contribution >= 4 is 92.5 Å². The fraction of sp³-hybridized carbons (Fsp3) is 0. The van der Waals surface area contributed by atoms with Gasteiger partial charge in [-0.05, 0) is 86.9 Å². The van der Waals surface area contributed by atoms with Crippen LogP contribution in [0, 0.1) is 11.6 Å². The fourth-order valence-electron chi connectivity index (χ4n) is 8.25. The number of halogens is 2. The Morgan fingerprint density at radius 1 is 0.469 bits per heavy atom. The van der Waals surface area contributed by atoms with E-state index in [4.69, 9.17) is 0 Å². The first kappa shape index (κ1) is 29.1. The second-order valence-electron chi connectivity index (χ2n) is 12.7. The maximum Gasteiger partial charge on any atom is 0.247 e. The number of hydrogen-bond donors (Lipinski definition) is 0. The minimum absolute atomic E-state index is 0.0899. The summed E-state index contributed by atoms with van der Waals surface area (Å²) in [7, 11) is -3.21. The third kappa shape index (κ3) is 4.19. The van der Waals surface area contributed by atoms with Gasteiger partial charge in [0.05, 0.1) is 5.69 Å². The highest BCUT2D eigenvalue weighted by Crippen LogP contribution is 2.47. The molecule has 7 aromatic rings. The van der Waals surface area contributed by atoms with E-state index in [-0.39, 0.29) is 18.3 Å². The Morgan fingerprint density at radius 2 is 0.959 bits per heavy atom. The van der Waals surface area contributed by atoms with Crippen LogP contribution in [0.3, 0.4) is 0 Å². The van der Waals surface area contributed by atoms with Crippen LogP contribution in [0.2, 0.25) is 0 Å². The van der Waals surface area contributed by atoms with Crippen molar-refractivity contribution in [2.45, 2.75) is 19.6 Å². The van der Waals surface area contributed by atoms with E-state index in [9.17, 15) is 0 Å². The molecular weight excluding hydrogens is 659 g/mol. The first-order chi connectivity index (χ1) is 24.1. The average molecular weight is 686 g/mol. The van der Waals surface area contributed by atoms with Crippen molar-refractivity contribution in [2.24, 2.45) is 0 Å². The van der Waals surface area contributed by atoms with Crippen LogP contribution in [0.1, 0.15) is 0 Å². The van der Waals surface area contributed by atoms with Crippen LogP contribution in [-0.4, -0.2) is 14.8 Å². The highest BCUT2D eigenvalue weighted by atomic mass is 32.2. The molecule has 232 valence electrons. The van der Waals surface area contributed by atoms with Crippen molar-refractivity contribution in [3.05, 3.63) is 169 Å². The lowest BCUT2D eigenvalue weighted by atomic mass is 9.36. The van der Waals surface area contributed by atoms with Gasteiger partial charge in [-0.3, -0.25) is 0 Å². The normalized spacial score (nSPS) is 14.7. The van der Waals surface area contributed by atoms with Gasteiger partial charge in [0.2, 0.25) is 6.71 Å². The van der Waals surface area contributed by atoms with Gasteiger partial charge in [0, 0.05) is 31.0 Å². The summed E-state index contributed by atoms with van der Waals surface area (Å²) in [6, 6.07) is 53.0. The zero-order valence-corrected chi connectivity index (χ0v) is 28.7. The predicted octanol–water partition coefficient (Wildman–Crippen LogP) is 6.57. The number of anilines is 3. The third-order valence-corrected chi connectivity index (χ3v) is 17.4. The molecule has 0 spiro atoms. The quantitative estimate of drug-likeness (QED) is 0.194. The maximum absolute atomic E-state index is 15.7. The molecule has 3 aliphatic heterocycles. The molecule has 0 aliphatic carbocycles. The largest absolute Gasteiger partial charge is 0.310 e. The molecule has 7 heteroatoms. The van der Waals surface area contributed by atoms with E-state index < -0.39 is 8.07 Å². The Hall–Kier alpha value is -4.82. The number of benzene rings is 7. The number of fused-ring (bicyclic) bond motifs is 6. The standard InChI is InChI=1S/C42H26BF2NS2Si/c44-27-19-21-33-39(25-27)49(29-11-3-1-4-12-29,30-13-5-2-6-14-30)40-26-28(45)20-22-34(40)46(33)35-23-24-38-41-42(35)48-37-18-10-8-16-32(37)43(41)31-15-7-9-17-36(31)47-38/h1-26H. The van der Waals surface area contributed by atoms with E-state index in [2.05, 4.69) is 89.8 Å². The summed E-state index contributed by atoms with van der Waals surface area (Å²) >= 11 is 3.63. The smallest absolute Gasteiger partial charge is 0.247 e. The van der Waals surface area contributed by atoms with Gasteiger partial charge < -0.3 is 4.90 Å². The van der Waals surface area contributed by atoms with Crippen molar-refractivity contribution < 1.29 is 8.78 Å². The molecule has 0 N–H and O–H groups in total. The fourth-order valence-corrected chi connectivity index (χ4v) is 15.9. The monoisotopic (exact) mass is 685 g/mol. The summed E-state index contributed by atoms with van der Waals surface area (Å²) in [6.07, 6.45) is 0. The van der Waals surface area contributed by atoms with Crippen LogP contribution in [0.15, 0.2) is 177 Å². The maximum atomic E-state index is 15.7. The third-order valence-electron chi connectivity index (χ3n) is 10.2. The zero-order chi connectivity index (χ0) is 32.7. The first-order valence-corrected chi connectivity index (χ1v) is 20.0. The van der Waals surface area contributed by atoms with Crippen LogP contribution in [0.25, 0.3) is 0 Å². The van der Waals surface area contributed by atoms with Crippen molar-refractivity contribution in [3.63, 3.8) is 0 Å². The number of hydrogen-bond acceptors (Lipinski definition) is 3. The van der Waals surface area contributed by atoms with Crippen LogP contribution < -0.4 is 42.0 Å². The molecule has 0 bridgehead atoms. The molecule has 0 fully saturated rings. The van der Waals surface area contributed by atoms with Crippen LogP contribution in [0.4, 0.5) is 25.8 Å². The summed E-state index contributed by atoms with van der Waals surface area (Å²) in [4.78, 5) is 7.22. The summed E-state index contributed by atoms with van der Waals surface area (Å²) in [5, 5.41) is 3.99. The van der Waals surface area contributed by atoms with Crippen molar-refractivity contribution in [1.82, 2.24) is 0 Å². The summed E-state index contributed by atoms with van der Waals surface area (Å²) in [5.41, 5.74) is 6.81. The van der Waals surface area contributed by atoms with Crippen molar-refractivity contribution in [2.75, 3.05) is 4.90 Å². The topological polar surface area (TPSA) is 3.24 Å². The lowest BCUT2D eigenvalue weighted by Gasteiger charge is -2.46.